The molecule has 0 spiro atoms. The third-order valence-electron chi connectivity index (χ3n) is 5.54. The normalized spacial score (nSPS) is 15.4. The Morgan fingerprint density at radius 2 is 1.71 bits per heavy atom. The monoisotopic (exact) mass is 503 g/mol. The highest BCUT2D eigenvalue weighted by molar-refractivity contribution is 7.89. The molecule has 1 aliphatic rings. The Kier molecular flexibility index (Phi) is 8.79. The summed E-state index contributed by atoms with van der Waals surface area (Å²) in [6, 6.07) is 9.58. The van der Waals surface area contributed by atoms with Crippen molar-refractivity contribution in [3.05, 3.63) is 53.9 Å². The number of nitrogens with one attached hydrogen (secondary N) is 2. The van der Waals surface area contributed by atoms with E-state index in [-0.39, 0.29) is 29.1 Å². The quantitative estimate of drug-likeness (QED) is 0.566. The Morgan fingerprint density at radius 3 is 2.31 bits per heavy atom. The largest absolute Gasteiger partial charge is 0.444 e. The maximum atomic E-state index is 12.7. The summed E-state index contributed by atoms with van der Waals surface area (Å²) < 4.78 is 32.1. The number of piperidine rings is 1. The van der Waals surface area contributed by atoms with Crippen molar-refractivity contribution in [1.29, 1.82) is 0 Å². The van der Waals surface area contributed by atoms with Gasteiger partial charge in [0.05, 0.1) is 11.3 Å². The van der Waals surface area contributed by atoms with Crippen LogP contribution in [0.5, 0.6) is 0 Å². The predicted octanol–water partition coefficient (Wildman–Crippen LogP) is 2.84. The van der Waals surface area contributed by atoms with E-state index < -0.39 is 21.7 Å². The third kappa shape index (κ3) is 8.59. The van der Waals surface area contributed by atoms with Gasteiger partial charge in [0.2, 0.25) is 16.0 Å². The molecule has 0 aliphatic carbocycles. The lowest BCUT2D eigenvalue weighted by molar-refractivity contribution is 0.0634. The number of benzene rings is 1. The molecule has 0 atom stereocenters. The molecule has 0 saturated carbocycles. The van der Waals surface area contributed by atoms with Crippen LogP contribution in [0.1, 0.15) is 49.5 Å². The number of hydrogen-bond donors (Lipinski definition) is 2. The second kappa shape index (κ2) is 11.6. The van der Waals surface area contributed by atoms with Crippen LogP contribution in [0.25, 0.3) is 0 Å². The molecular weight excluding hydrogens is 470 g/mol. The van der Waals surface area contributed by atoms with Crippen LogP contribution in [0, 0.1) is 5.92 Å². The molecule has 35 heavy (non-hydrogen) atoms. The smallest absolute Gasteiger partial charge is 0.414 e. The highest BCUT2D eigenvalue weighted by atomic mass is 32.2. The highest BCUT2D eigenvalue weighted by Crippen LogP contribution is 2.20. The average Bonchev–Trinajstić information content (AvgIpc) is 2.81. The van der Waals surface area contributed by atoms with Crippen molar-refractivity contribution in [1.82, 2.24) is 19.6 Å². The van der Waals surface area contributed by atoms with Gasteiger partial charge in [-0.1, -0.05) is 30.3 Å². The molecule has 1 aromatic carbocycles. The number of hydrogen-bond acceptors (Lipinski definition) is 7. The summed E-state index contributed by atoms with van der Waals surface area (Å²) in [4.78, 5) is 32.2. The Morgan fingerprint density at radius 1 is 1.09 bits per heavy atom. The van der Waals surface area contributed by atoms with Crippen LogP contribution < -0.4 is 10.6 Å². The van der Waals surface area contributed by atoms with Gasteiger partial charge < -0.3 is 10.1 Å². The fourth-order valence-electron chi connectivity index (χ4n) is 3.66. The summed E-state index contributed by atoms with van der Waals surface area (Å²) in [5.41, 5.74) is 0.624. The second-order valence-corrected chi connectivity index (χ2v) is 11.6. The Bertz CT molecular complexity index is 1090. The van der Waals surface area contributed by atoms with Crippen molar-refractivity contribution in [3.8, 4) is 0 Å². The maximum Gasteiger partial charge on any atom is 0.414 e. The van der Waals surface area contributed by atoms with Gasteiger partial charge >= 0.3 is 6.09 Å². The van der Waals surface area contributed by atoms with E-state index in [2.05, 4.69) is 20.6 Å². The predicted molar refractivity (Wildman–Crippen MR) is 132 cm³/mol. The molecule has 1 fully saturated rings. The summed E-state index contributed by atoms with van der Waals surface area (Å²) in [7, 11) is -3.31. The number of carbonyl (C=O) groups is 2. The molecule has 1 aliphatic heterocycles. The standard InChI is InChI=1S/C24H33N5O5S/c1-24(2,3)34-23(31)28-22-26-16-20(17-27-22)21(30)25-15-19-9-12-29(13-10-19)35(32,33)14-11-18-7-5-4-6-8-18/h4-8,16-17,19H,9-15H2,1-3H3,(H,25,30)(H,26,27,28,31). The lowest BCUT2D eigenvalue weighted by atomic mass is 9.98. The molecule has 1 aromatic heterocycles. The van der Waals surface area contributed by atoms with Gasteiger partial charge in [0, 0.05) is 32.0 Å². The van der Waals surface area contributed by atoms with Gasteiger partial charge in [-0.25, -0.2) is 27.5 Å². The first-order valence-electron chi connectivity index (χ1n) is 11.6. The molecular formula is C24H33N5O5S. The van der Waals surface area contributed by atoms with Crippen molar-refractivity contribution in [2.45, 2.75) is 45.6 Å². The number of rotatable bonds is 8. The maximum absolute atomic E-state index is 12.7. The van der Waals surface area contributed by atoms with Crippen molar-refractivity contribution < 1.29 is 22.7 Å². The number of amides is 2. The first-order chi connectivity index (χ1) is 16.5. The van der Waals surface area contributed by atoms with Crippen LogP contribution in [-0.4, -0.2) is 65.7 Å². The van der Waals surface area contributed by atoms with Crippen LogP contribution in [0.15, 0.2) is 42.7 Å². The molecule has 0 unspecified atom stereocenters. The van der Waals surface area contributed by atoms with Gasteiger partial charge in [-0.2, -0.15) is 0 Å². The minimum atomic E-state index is -3.31. The number of ether oxygens (including phenoxy) is 1. The number of nitrogens with zero attached hydrogens (tertiary/aromatic N) is 3. The molecule has 11 heteroatoms. The number of anilines is 1. The molecule has 10 nitrogen and oxygen atoms in total. The van der Waals surface area contributed by atoms with Crippen molar-refractivity contribution in [2.75, 3.05) is 30.7 Å². The number of sulfonamides is 1. The van der Waals surface area contributed by atoms with Gasteiger partial charge in [-0.15, -0.1) is 0 Å². The fourth-order valence-corrected chi connectivity index (χ4v) is 5.18. The van der Waals surface area contributed by atoms with Gasteiger partial charge in [-0.05, 0) is 51.5 Å². The first-order valence-corrected chi connectivity index (χ1v) is 13.2. The zero-order valence-electron chi connectivity index (χ0n) is 20.4. The van der Waals surface area contributed by atoms with Crippen LogP contribution >= 0.6 is 0 Å². The summed E-state index contributed by atoms with van der Waals surface area (Å²) in [5.74, 6) is -0.00563. The third-order valence-corrected chi connectivity index (χ3v) is 7.41. The van der Waals surface area contributed by atoms with E-state index in [1.807, 2.05) is 30.3 Å². The van der Waals surface area contributed by atoms with Gasteiger partial charge in [0.25, 0.3) is 5.91 Å². The van der Waals surface area contributed by atoms with Crippen LogP contribution in [-0.2, 0) is 21.2 Å². The summed E-state index contributed by atoms with van der Waals surface area (Å²) in [6.45, 7) is 6.58. The second-order valence-electron chi connectivity index (χ2n) is 9.53. The summed E-state index contributed by atoms with van der Waals surface area (Å²) >= 11 is 0. The fraction of sp³-hybridized carbons (Fsp3) is 0.500. The molecule has 2 heterocycles. The topological polar surface area (TPSA) is 131 Å². The summed E-state index contributed by atoms with van der Waals surface area (Å²) in [6.07, 6.45) is 3.84. The van der Waals surface area contributed by atoms with Crippen LogP contribution in [0.2, 0.25) is 0 Å². The Labute approximate surface area is 206 Å². The Balaban J connectivity index is 1.40. The van der Waals surface area contributed by atoms with Crippen molar-refractivity contribution in [2.24, 2.45) is 5.92 Å². The summed E-state index contributed by atoms with van der Waals surface area (Å²) in [5, 5.41) is 5.28. The molecule has 0 radical (unpaired) electrons. The van der Waals surface area contributed by atoms with Crippen LogP contribution in [0.3, 0.4) is 0 Å². The van der Waals surface area contributed by atoms with Crippen molar-refractivity contribution >= 4 is 28.0 Å². The lowest BCUT2D eigenvalue weighted by Gasteiger charge is -2.31. The molecule has 2 amide bonds. The minimum absolute atomic E-state index is 0.0386. The SMILES string of the molecule is CC(C)(C)OC(=O)Nc1ncc(C(=O)NCC2CCN(S(=O)(=O)CCc3ccccc3)CC2)cn1. The first kappa shape index (κ1) is 26.6. The number of aromatic nitrogens is 2. The highest BCUT2D eigenvalue weighted by Gasteiger charge is 2.28. The van der Waals surface area contributed by atoms with E-state index in [1.54, 1.807) is 25.1 Å². The lowest BCUT2D eigenvalue weighted by Crippen LogP contribution is -2.42. The van der Waals surface area contributed by atoms with Crippen molar-refractivity contribution in [3.63, 3.8) is 0 Å². The molecule has 2 N–H and O–H groups in total. The molecule has 0 bridgehead atoms. The van der Waals surface area contributed by atoms with Gasteiger partial charge in [-0.3, -0.25) is 10.1 Å². The average molecular weight is 504 g/mol. The van der Waals surface area contributed by atoms with E-state index in [1.165, 1.54) is 12.4 Å². The zero-order chi connectivity index (χ0) is 25.5. The zero-order valence-corrected chi connectivity index (χ0v) is 21.2. The van der Waals surface area contributed by atoms with E-state index in [0.29, 0.717) is 38.9 Å². The molecule has 1 saturated heterocycles. The Hall–Kier alpha value is -3.05. The van der Waals surface area contributed by atoms with Crippen LogP contribution in [0.4, 0.5) is 10.7 Å². The van der Waals surface area contributed by atoms with E-state index in [4.69, 9.17) is 4.74 Å². The van der Waals surface area contributed by atoms with Gasteiger partial charge in [0.1, 0.15) is 5.60 Å². The molecule has 2 aromatic rings. The van der Waals surface area contributed by atoms with E-state index in [0.717, 1.165) is 5.56 Å². The minimum Gasteiger partial charge on any atom is -0.444 e. The number of carbonyl (C=O) groups excluding carboxylic acids is 2. The number of aryl methyl sites for hydroxylation is 1. The van der Waals surface area contributed by atoms with E-state index >= 15 is 0 Å². The molecule has 190 valence electrons. The van der Waals surface area contributed by atoms with Gasteiger partial charge in [0.15, 0.2) is 0 Å². The molecule has 3 rings (SSSR count). The van der Waals surface area contributed by atoms with E-state index in [9.17, 15) is 18.0 Å².